The Bertz CT molecular complexity index is 188. The van der Waals surface area contributed by atoms with Crippen LogP contribution in [0.1, 0.15) is 19.3 Å². The first-order valence-electron chi connectivity index (χ1n) is 3.62. The van der Waals surface area contributed by atoms with Crippen LogP contribution >= 0.6 is 12.2 Å². The molecule has 2 rings (SSSR count). The van der Waals surface area contributed by atoms with Gasteiger partial charge >= 0.3 is 0 Å². The predicted molar refractivity (Wildman–Crippen MR) is 41.3 cm³/mol. The van der Waals surface area contributed by atoms with E-state index in [4.69, 9.17) is 4.74 Å². The van der Waals surface area contributed by atoms with Crippen molar-refractivity contribution in [3.05, 3.63) is 0 Å². The zero-order chi connectivity index (χ0) is 6.97. The maximum atomic E-state index is 5.56. The number of isothiocyanates is 1. The average molecular weight is 155 g/mol. The Labute approximate surface area is 65.3 Å². The first kappa shape index (κ1) is 6.47. The Balaban J connectivity index is 2.08. The fourth-order valence-corrected chi connectivity index (χ4v) is 1.95. The van der Waals surface area contributed by atoms with Crippen LogP contribution in [0.25, 0.3) is 0 Å². The Morgan fingerprint density at radius 2 is 2.40 bits per heavy atom. The molecule has 0 spiro atoms. The monoisotopic (exact) mass is 155 g/mol. The number of ether oxygens (including phenoxy) is 1. The van der Waals surface area contributed by atoms with Crippen molar-refractivity contribution in [1.29, 1.82) is 0 Å². The van der Waals surface area contributed by atoms with Crippen LogP contribution in [0.5, 0.6) is 0 Å². The normalized spacial score (nSPS) is 43.4. The van der Waals surface area contributed by atoms with Crippen molar-refractivity contribution in [1.82, 2.24) is 0 Å². The number of rotatable bonds is 1. The molecular formula is C7H9NOS. The van der Waals surface area contributed by atoms with E-state index in [2.05, 4.69) is 22.4 Å². The minimum atomic E-state index is 0.330. The summed E-state index contributed by atoms with van der Waals surface area (Å²) in [6, 6.07) is 0.330. The number of hydrogen-bond acceptors (Lipinski definition) is 3. The fourth-order valence-electron chi connectivity index (χ4n) is 1.81. The van der Waals surface area contributed by atoms with Crippen LogP contribution in [0.2, 0.25) is 0 Å². The SMILES string of the molecule is S=C=NC1CC2CCC1O2. The molecule has 0 amide bonds. The Morgan fingerprint density at radius 3 is 2.90 bits per heavy atom. The van der Waals surface area contributed by atoms with E-state index in [9.17, 15) is 0 Å². The lowest BCUT2D eigenvalue weighted by Gasteiger charge is -2.11. The highest BCUT2D eigenvalue weighted by atomic mass is 32.1. The quantitative estimate of drug-likeness (QED) is 0.422. The van der Waals surface area contributed by atoms with Crippen LogP contribution in [0, 0.1) is 0 Å². The van der Waals surface area contributed by atoms with Crippen LogP contribution in [-0.4, -0.2) is 23.4 Å². The molecule has 0 aromatic rings. The van der Waals surface area contributed by atoms with Gasteiger partial charge in [-0.2, -0.15) is 0 Å². The molecule has 2 fully saturated rings. The summed E-state index contributed by atoms with van der Waals surface area (Å²) in [5.41, 5.74) is 0. The minimum Gasteiger partial charge on any atom is -0.373 e. The summed E-state index contributed by atoms with van der Waals surface area (Å²) in [6.07, 6.45) is 4.28. The van der Waals surface area contributed by atoms with Gasteiger partial charge < -0.3 is 4.74 Å². The summed E-state index contributed by atoms with van der Waals surface area (Å²) in [5, 5.41) is 2.42. The van der Waals surface area contributed by atoms with E-state index in [0.29, 0.717) is 18.2 Å². The maximum Gasteiger partial charge on any atom is 0.0889 e. The van der Waals surface area contributed by atoms with E-state index < -0.39 is 0 Å². The van der Waals surface area contributed by atoms with E-state index in [0.717, 1.165) is 12.8 Å². The molecular weight excluding hydrogens is 146 g/mol. The molecule has 2 nitrogen and oxygen atoms in total. The molecule has 0 aromatic heterocycles. The first-order chi connectivity index (χ1) is 4.90. The zero-order valence-corrected chi connectivity index (χ0v) is 6.43. The lowest BCUT2D eigenvalue weighted by Crippen LogP contribution is -2.19. The van der Waals surface area contributed by atoms with Crippen molar-refractivity contribution in [2.24, 2.45) is 4.99 Å². The van der Waals surface area contributed by atoms with Gasteiger partial charge in [-0.1, -0.05) is 0 Å². The smallest absolute Gasteiger partial charge is 0.0889 e. The predicted octanol–water partition coefficient (Wildman–Crippen LogP) is 1.41. The van der Waals surface area contributed by atoms with Crippen molar-refractivity contribution in [3.8, 4) is 0 Å². The molecule has 3 heteroatoms. The summed E-state index contributed by atoms with van der Waals surface area (Å²) < 4.78 is 5.56. The minimum absolute atomic E-state index is 0.330. The summed E-state index contributed by atoms with van der Waals surface area (Å²) >= 11 is 4.53. The number of thiocarbonyl (C=S) groups is 1. The summed E-state index contributed by atoms with van der Waals surface area (Å²) in [5.74, 6) is 0. The van der Waals surface area contributed by atoms with Gasteiger partial charge in [0.2, 0.25) is 0 Å². The molecule has 0 N–H and O–H groups in total. The van der Waals surface area contributed by atoms with Gasteiger partial charge in [0.05, 0.1) is 23.4 Å². The molecule has 2 heterocycles. The number of hydrogen-bond donors (Lipinski definition) is 0. The highest BCUT2D eigenvalue weighted by Gasteiger charge is 2.40. The lowest BCUT2D eigenvalue weighted by molar-refractivity contribution is 0.101. The van der Waals surface area contributed by atoms with E-state index in [1.807, 2.05) is 0 Å². The molecule has 2 aliphatic heterocycles. The number of fused-ring (bicyclic) bond motifs is 2. The zero-order valence-electron chi connectivity index (χ0n) is 5.62. The van der Waals surface area contributed by atoms with E-state index >= 15 is 0 Å². The van der Waals surface area contributed by atoms with Gasteiger partial charge in [0.25, 0.3) is 0 Å². The van der Waals surface area contributed by atoms with Gasteiger partial charge in [-0.3, -0.25) is 0 Å². The molecule has 10 heavy (non-hydrogen) atoms. The second-order valence-corrected chi connectivity index (χ2v) is 3.08. The fraction of sp³-hybridized carbons (Fsp3) is 0.857. The summed E-state index contributed by atoms with van der Waals surface area (Å²) in [7, 11) is 0. The largest absolute Gasteiger partial charge is 0.373 e. The van der Waals surface area contributed by atoms with Gasteiger partial charge in [0, 0.05) is 0 Å². The topological polar surface area (TPSA) is 21.6 Å². The maximum absolute atomic E-state index is 5.56. The number of nitrogens with zero attached hydrogens (tertiary/aromatic N) is 1. The molecule has 2 aliphatic rings. The average Bonchev–Trinajstić information content (AvgIpc) is 2.48. The van der Waals surface area contributed by atoms with E-state index in [-0.39, 0.29) is 0 Å². The van der Waals surface area contributed by atoms with Crippen molar-refractivity contribution in [2.45, 2.75) is 37.5 Å². The third-order valence-corrected chi connectivity index (χ3v) is 2.40. The highest BCUT2D eigenvalue weighted by Crippen LogP contribution is 2.35. The van der Waals surface area contributed by atoms with E-state index in [1.165, 1.54) is 6.42 Å². The Morgan fingerprint density at radius 1 is 1.50 bits per heavy atom. The Hall–Kier alpha value is -0.240. The van der Waals surface area contributed by atoms with Crippen LogP contribution in [-0.2, 0) is 4.74 Å². The number of aliphatic imine (C=N–C) groups is 1. The molecule has 0 aromatic carbocycles. The molecule has 0 radical (unpaired) electrons. The lowest BCUT2D eigenvalue weighted by atomic mass is 9.96. The Kier molecular flexibility index (Phi) is 1.57. The standard InChI is InChI=1S/C7H9NOS/c10-4-8-6-3-5-1-2-7(6)9-5/h5-7H,1-3H2. The van der Waals surface area contributed by atoms with Crippen molar-refractivity contribution in [2.75, 3.05) is 0 Å². The summed E-state index contributed by atoms with van der Waals surface area (Å²) in [6.45, 7) is 0. The summed E-state index contributed by atoms with van der Waals surface area (Å²) in [4.78, 5) is 4.05. The van der Waals surface area contributed by atoms with Gasteiger partial charge in [-0.15, -0.1) is 0 Å². The molecule has 2 bridgehead atoms. The van der Waals surface area contributed by atoms with Crippen molar-refractivity contribution in [3.63, 3.8) is 0 Å². The van der Waals surface area contributed by atoms with Gasteiger partial charge in [-0.05, 0) is 31.5 Å². The van der Waals surface area contributed by atoms with E-state index in [1.54, 1.807) is 0 Å². The first-order valence-corrected chi connectivity index (χ1v) is 4.03. The van der Waals surface area contributed by atoms with Gasteiger partial charge in [0.1, 0.15) is 0 Å². The van der Waals surface area contributed by atoms with Crippen molar-refractivity contribution >= 4 is 17.4 Å². The second kappa shape index (κ2) is 2.42. The van der Waals surface area contributed by atoms with Crippen molar-refractivity contribution < 1.29 is 4.74 Å². The van der Waals surface area contributed by atoms with Crippen LogP contribution < -0.4 is 0 Å². The van der Waals surface area contributed by atoms with Crippen LogP contribution in [0.15, 0.2) is 4.99 Å². The van der Waals surface area contributed by atoms with Crippen LogP contribution in [0.4, 0.5) is 0 Å². The molecule has 0 saturated carbocycles. The second-order valence-electron chi connectivity index (χ2n) is 2.90. The molecule has 2 saturated heterocycles. The highest BCUT2D eigenvalue weighted by molar-refractivity contribution is 7.78. The van der Waals surface area contributed by atoms with Gasteiger partial charge in [0.15, 0.2) is 0 Å². The molecule has 54 valence electrons. The molecule has 3 unspecified atom stereocenters. The third-order valence-electron chi connectivity index (χ3n) is 2.29. The van der Waals surface area contributed by atoms with Gasteiger partial charge in [-0.25, -0.2) is 4.99 Å². The molecule has 3 atom stereocenters. The molecule has 0 aliphatic carbocycles. The van der Waals surface area contributed by atoms with Crippen LogP contribution in [0.3, 0.4) is 0 Å². The third kappa shape index (κ3) is 0.908.